The first-order chi connectivity index (χ1) is 9.45. The van der Waals surface area contributed by atoms with Gasteiger partial charge in [-0.3, -0.25) is 0 Å². The minimum atomic E-state index is -0.504. The van der Waals surface area contributed by atoms with Gasteiger partial charge in [0.15, 0.2) is 5.69 Å². The van der Waals surface area contributed by atoms with Crippen LogP contribution in [-0.2, 0) is 4.74 Å². The highest BCUT2D eigenvalue weighted by atomic mass is 16.5. The first-order valence-corrected chi connectivity index (χ1v) is 6.52. The number of imidazole rings is 1. The molecule has 0 bridgehead atoms. The molecule has 0 saturated carbocycles. The second-order valence-electron chi connectivity index (χ2n) is 4.65. The van der Waals surface area contributed by atoms with E-state index in [1.54, 1.807) is 17.8 Å². The maximum Gasteiger partial charge on any atom is 0.360 e. The summed E-state index contributed by atoms with van der Waals surface area (Å²) in [5.41, 5.74) is 7.16. The number of nitrogens with two attached hydrogens (primary N) is 1. The van der Waals surface area contributed by atoms with Crippen LogP contribution in [0, 0.1) is 13.8 Å². The van der Waals surface area contributed by atoms with E-state index in [0.717, 1.165) is 17.1 Å². The van der Waals surface area contributed by atoms with Crippen LogP contribution in [0.15, 0.2) is 16.8 Å². The Kier molecular flexibility index (Phi) is 3.83. The molecule has 0 radical (unpaired) electrons. The average Bonchev–Trinajstić information content (AvgIpc) is 2.92. The predicted molar refractivity (Wildman–Crippen MR) is 74.6 cm³/mol. The Morgan fingerprint density at radius 3 is 2.80 bits per heavy atom. The summed E-state index contributed by atoms with van der Waals surface area (Å²) in [4.78, 5) is 15.8. The molecule has 0 spiro atoms. The Bertz CT molecular complexity index is 628. The lowest BCUT2D eigenvalue weighted by Gasteiger charge is -2.14. The third-order valence-electron chi connectivity index (χ3n) is 3.25. The fraction of sp³-hybridized carbons (Fsp3) is 0.429. The van der Waals surface area contributed by atoms with Crippen LogP contribution in [0.25, 0.3) is 0 Å². The van der Waals surface area contributed by atoms with Gasteiger partial charge in [0.2, 0.25) is 0 Å². The maximum absolute atomic E-state index is 11.7. The van der Waals surface area contributed by atoms with E-state index in [0.29, 0.717) is 12.4 Å². The van der Waals surface area contributed by atoms with Crippen molar-refractivity contribution in [2.24, 2.45) is 0 Å². The molecular formula is C14H19N3O3. The van der Waals surface area contributed by atoms with Gasteiger partial charge in [0.1, 0.15) is 17.3 Å². The number of aromatic nitrogens is 2. The van der Waals surface area contributed by atoms with Crippen LogP contribution in [-0.4, -0.2) is 22.1 Å². The third kappa shape index (κ3) is 2.41. The molecule has 2 rings (SSSR count). The van der Waals surface area contributed by atoms with Gasteiger partial charge >= 0.3 is 5.97 Å². The summed E-state index contributed by atoms with van der Waals surface area (Å²) in [5.74, 6) is 1.47. The standard InChI is InChI=1S/C14H19N3O3/c1-5-19-14(18)12-13(15)17(7-16-12)9(3)11-6-8(2)20-10(11)4/h6-7,9H,5,15H2,1-4H3. The lowest BCUT2D eigenvalue weighted by atomic mass is 10.1. The van der Waals surface area contributed by atoms with Crippen molar-refractivity contribution in [3.63, 3.8) is 0 Å². The van der Waals surface area contributed by atoms with Crippen LogP contribution < -0.4 is 5.73 Å². The fourth-order valence-electron chi connectivity index (χ4n) is 2.25. The number of carbonyl (C=O) groups excluding carboxylic acids is 1. The molecule has 2 aromatic heterocycles. The van der Waals surface area contributed by atoms with Gasteiger partial charge in [0.05, 0.1) is 19.0 Å². The molecule has 0 aliphatic rings. The van der Waals surface area contributed by atoms with Gasteiger partial charge in [-0.05, 0) is 33.8 Å². The Morgan fingerprint density at radius 1 is 1.55 bits per heavy atom. The van der Waals surface area contributed by atoms with E-state index in [4.69, 9.17) is 14.9 Å². The summed E-state index contributed by atoms with van der Waals surface area (Å²) < 4.78 is 12.2. The minimum Gasteiger partial charge on any atom is -0.466 e. The monoisotopic (exact) mass is 277 g/mol. The molecule has 20 heavy (non-hydrogen) atoms. The number of nitrogen functional groups attached to an aromatic ring is 1. The zero-order chi connectivity index (χ0) is 14.9. The molecule has 2 aromatic rings. The lowest BCUT2D eigenvalue weighted by molar-refractivity contribution is 0.0521. The number of ether oxygens (including phenoxy) is 1. The van der Waals surface area contributed by atoms with Crippen molar-refractivity contribution in [2.45, 2.75) is 33.7 Å². The maximum atomic E-state index is 11.7. The molecule has 6 nitrogen and oxygen atoms in total. The van der Waals surface area contributed by atoms with Gasteiger partial charge in [-0.25, -0.2) is 9.78 Å². The van der Waals surface area contributed by atoms with Gasteiger partial charge in [-0.1, -0.05) is 0 Å². The summed E-state index contributed by atoms with van der Waals surface area (Å²) in [6.45, 7) is 7.80. The second kappa shape index (κ2) is 5.40. The Hall–Kier alpha value is -2.24. The Labute approximate surface area is 117 Å². The molecule has 0 fully saturated rings. The van der Waals surface area contributed by atoms with Crippen molar-refractivity contribution in [2.75, 3.05) is 12.3 Å². The Balaban J connectivity index is 2.34. The van der Waals surface area contributed by atoms with Crippen molar-refractivity contribution in [1.29, 1.82) is 0 Å². The van der Waals surface area contributed by atoms with Crippen molar-refractivity contribution >= 4 is 11.8 Å². The van der Waals surface area contributed by atoms with Gasteiger partial charge in [-0.15, -0.1) is 0 Å². The van der Waals surface area contributed by atoms with E-state index in [-0.39, 0.29) is 11.7 Å². The first-order valence-electron chi connectivity index (χ1n) is 6.52. The van der Waals surface area contributed by atoms with Gasteiger partial charge < -0.3 is 19.5 Å². The summed E-state index contributed by atoms with van der Waals surface area (Å²) in [6.07, 6.45) is 1.55. The highest BCUT2D eigenvalue weighted by Crippen LogP contribution is 2.27. The molecule has 2 heterocycles. The number of aryl methyl sites for hydroxylation is 2. The van der Waals surface area contributed by atoms with E-state index in [1.807, 2.05) is 26.8 Å². The van der Waals surface area contributed by atoms with Crippen molar-refractivity contribution in [1.82, 2.24) is 9.55 Å². The minimum absolute atomic E-state index is 0.0665. The smallest absolute Gasteiger partial charge is 0.360 e. The van der Waals surface area contributed by atoms with E-state index in [9.17, 15) is 4.79 Å². The van der Waals surface area contributed by atoms with Crippen molar-refractivity contribution in [3.05, 3.63) is 35.2 Å². The van der Waals surface area contributed by atoms with Crippen LogP contribution in [0.1, 0.15) is 47.5 Å². The lowest BCUT2D eigenvalue weighted by Crippen LogP contribution is -2.12. The van der Waals surface area contributed by atoms with Crippen LogP contribution in [0.5, 0.6) is 0 Å². The van der Waals surface area contributed by atoms with Crippen LogP contribution >= 0.6 is 0 Å². The Morgan fingerprint density at radius 2 is 2.25 bits per heavy atom. The summed E-state index contributed by atoms with van der Waals surface area (Å²) in [7, 11) is 0. The van der Waals surface area contributed by atoms with E-state index in [1.165, 1.54) is 0 Å². The third-order valence-corrected chi connectivity index (χ3v) is 3.25. The van der Waals surface area contributed by atoms with E-state index in [2.05, 4.69) is 4.98 Å². The number of hydrogen-bond acceptors (Lipinski definition) is 5. The number of furan rings is 1. The number of carbonyl (C=O) groups is 1. The van der Waals surface area contributed by atoms with E-state index >= 15 is 0 Å². The molecule has 0 amide bonds. The molecule has 1 unspecified atom stereocenters. The second-order valence-corrected chi connectivity index (χ2v) is 4.65. The van der Waals surface area contributed by atoms with Crippen molar-refractivity contribution in [3.8, 4) is 0 Å². The summed E-state index contributed by atoms with van der Waals surface area (Å²) in [5, 5.41) is 0. The van der Waals surface area contributed by atoms with Gasteiger partial charge in [0, 0.05) is 5.56 Å². The largest absolute Gasteiger partial charge is 0.466 e. The molecule has 108 valence electrons. The summed E-state index contributed by atoms with van der Waals surface area (Å²) >= 11 is 0. The number of anilines is 1. The van der Waals surface area contributed by atoms with Crippen molar-refractivity contribution < 1.29 is 13.9 Å². The number of esters is 1. The highest BCUT2D eigenvalue weighted by Gasteiger charge is 2.22. The van der Waals surface area contributed by atoms with Gasteiger partial charge in [0.25, 0.3) is 0 Å². The molecule has 0 aliphatic heterocycles. The van der Waals surface area contributed by atoms with Crippen LogP contribution in [0.3, 0.4) is 0 Å². The number of rotatable bonds is 4. The topological polar surface area (TPSA) is 83.3 Å². The fourth-order valence-corrected chi connectivity index (χ4v) is 2.25. The average molecular weight is 277 g/mol. The number of hydrogen-bond donors (Lipinski definition) is 1. The summed E-state index contributed by atoms with van der Waals surface area (Å²) in [6, 6.07) is 1.90. The molecule has 0 saturated heterocycles. The SMILES string of the molecule is CCOC(=O)c1ncn(C(C)c2cc(C)oc2C)c1N. The molecule has 2 N–H and O–H groups in total. The molecule has 6 heteroatoms. The molecule has 1 atom stereocenters. The zero-order valence-corrected chi connectivity index (χ0v) is 12.1. The molecule has 0 aliphatic carbocycles. The quantitative estimate of drug-likeness (QED) is 0.868. The zero-order valence-electron chi connectivity index (χ0n) is 12.1. The molecule has 0 aromatic carbocycles. The molecular weight excluding hydrogens is 258 g/mol. The normalized spacial score (nSPS) is 12.4. The van der Waals surface area contributed by atoms with Crippen LogP contribution in [0.2, 0.25) is 0 Å². The van der Waals surface area contributed by atoms with Gasteiger partial charge in [-0.2, -0.15) is 0 Å². The van der Waals surface area contributed by atoms with E-state index < -0.39 is 5.97 Å². The predicted octanol–water partition coefficient (Wildman–Crippen LogP) is 2.46. The first kappa shape index (κ1) is 14.2. The highest BCUT2D eigenvalue weighted by molar-refractivity contribution is 5.92. The van der Waals surface area contributed by atoms with Crippen LogP contribution in [0.4, 0.5) is 5.82 Å². The number of nitrogens with zero attached hydrogens (tertiary/aromatic N) is 2.